The van der Waals surface area contributed by atoms with Gasteiger partial charge in [0.15, 0.2) is 11.3 Å². The van der Waals surface area contributed by atoms with Crippen molar-refractivity contribution in [3.63, 3.8) is 0 Å². The van der Waals surface area contributed by atoms with E-state index in [2.05, 4.69) is 54.2 Å². The van der Waals surface area contributed by atoms with Gasteiger partial charge in [-0.2, -0.15) is 5.10 Å². The maximum absolute atomic E-state index is 13.3. The molecule has 3 aromatic heterocycles. The van der Waals surface area contributed by atoms with E-state index in [1.807, 2.05) is 11.8 Å². The van der Waals surface area contributed by atoms with Crippen LogP contribution in [-0.2, 0) is 6.42 Å². The molecule has 1 unspecified atom stereocenters. The molecule has 0 N–H and O–H groups in total. The third-order valence-corrected chi connectivity index (χ3v) is 6.04. The Morgan fingerprint density at radius 3 is 2.94 bits per heavy atom. The number of ether oxygens (including phenoxy) is 1. The summed E-state index contributed by atoms with van der Waals surface area (Å²) in [6, 6.07) is 7.89. The number of carbonyl (C=O) groups excluding carboxylic acids is 1. The molecule has 0 fully saturated rings. The number of aromatic nitrogens is 5. The summed E-state index contributed by atoms with van der Waals surface area (Å²) in [5.74, 6) is 0.417. The van der Waals surface area contributed by atoms with Crippen LogP contribution in [0, 0.1) is 0 Å². The summed E-state index contributed by atoms with van der Waals surface area (Å²) in [5, 5.41) is 4.43. The van der Waals surface area contributed by atoms with Gasteiger partial charge >= 0.3 is 0 Å². The predicted octanol–water partition coefficient (Wildman–Crippen LogP) is 3.72. The number of halogens is 1. The third-order valence-electron chi connectivity index (χ3n) is 5.63. The fourth-order valence-electron chi connectivity index (χ4n) is 4.04. The van der Waals surface area contributed by atoms with Crippen LogP contribution in [0.15, 0.2) is 53.7 Å². The van der Waals surface area contributed by atoms with Crippen LogP contribution >= 0.6 is 15.9 Å². The maximum atomic E-state index is 13.3. The molecule has 0 bridgehead atoms. The smallest absolute Gasteiger partial charge is 0.274 e. The molecule has 1 aliphatic rings. The van der Waals surface area contributed by atoms with E-state index in [-0.39, 0.29) is 11.9 Å². The van der Waals surface area contributed by atoms with Crippen molar-refractivity contribution in [2.45, 2.75) is 19.4 Å². The number of methoxy groups -OCH3 is 1. The number of fused-ring (bicyclic) bond motifs is 2. The van der Waals surface area contributed by atoms with Crippen LogP contribution in [0.1, 0.15) is 34.6 Å². The van der Waals surface area contributed by atoms with Crippen LogP contribution in [0.25, 0.3) is 16.8 Å². The highest BCUT2D eigenvalue weighted by Crippen LogP contribution is 2.35. The monoisotopic (exact) mass is 478 g/mol. The van der Waals surface area contributed by atoms with Gasteiger partial charge in [-0.3, -0.25) is 4.79 Å². The van der Waals surface area contributed by atoms with E-state index in [9.17, 15) is 4.79 Å². The van der Waals surface area contributed by atoms with Crippen molar-refractivity contribution in [1.82, 2.24) is 29.5 Å². The van der Waals surface area contributed by atoms with E-state index in [1.54, 1.807) is 36.3 Å². The zero-order valence-corrected chi connectivity index (χ0v) is 18.6. The number of benzene rings is 1. The number of hydrogen-bond donors (Lipinski definition) is 0. The molecule has 5 rings (SSSR count). The molecular formula is C22H19BrN6O2. The highest BCUT2D eigenvalue weighted by Gasteiger charge is 2.30. The first-order valence-corrected chi connectivity index (χ1v) is 10.6. The van der Waals surface area contributed by atoms with E-state index >= 15 is 0 Å². The molecule has 156 valence electrons. The van der Waals surface area contributed by atoms with Crippen LogP contribution in [0.2, 0.25) is 0 Å². The molecule has 0 spiro atoms. The minimum atomic E-state index is -0.106. The molecule has 1 aromatic carbocycles. The summed E-state index contributed by atoms with van der Waals surface area (Å²) in [4.78, 5) is 27.8. The van der Waals surface area contributed by atoms with Gasteiger partial charge in [-0.25, -0.2) is 19.5 Å². The molecule has 31 heavy (non-hydrogen) atoms. The molecule has 0 radical (unpaired) electrons. The van der Waals surface area contributed by atoms with Gasteiger partial charge in [0.2, 0.25) is 5.88 Å². The molecule has 9 heteroatoms. The first kappa shape index (κ1) is 19.6. The fraction of sp³-hybridized carbons (Fsp3) is 0.227. The molecule has 1 aliphatic heterocycles. The Morgan fingerprint density at radius 1 is 1.23 bits per heavy atom. The van der Waals surface area contributed by atoms with Crippen LogP contribution in [0.3, 0.4) is 0 Å². The largest absolute Gasteiger partial charge is 0.480 e. The molecular weight excluding hydrogens is 460 g/mol. The first-order chi connectivity index (χ1) is 15.0. The van der Waals surface area contributed by atoms with E-state index in [0.717, 1.165) is 27.6 Å². The number of carbonyl (C=O) groups is 1. The van der Waals surface area contributed by atoms with Gasteiger partial charge in [-0.1, -0.05) is 12.1 Å². The average Bonchev–Trinajstić information content (AvgIpc) is 3.22. The molecule has 0 saturated heterocycles. The molecule has 1 amide bonds. The van der Waals surface area contributed by atoms with Crippen molar-refractivity contribution in [3.05, 3.63) is 70.5 Å². The second kappa shape index (κ2) is 7.73. The van der Waals surface area contributed by atoms with Crippen molar-refractivity contribution < 1.29 is 9.53 Å². The molecule has 4 heterocycles. The lowest BCUT2D eigenvalue weighted by Gasteiger charge is -2.35. The van der Waals surface area contributed by atoms with Crippen molar-refractivity contribution in [1.29, 1.82) is 0 Å². The average molecular weight is 479 g/mol. The van der Waals surface area contributed by atoms with Crippen LogP contribution < -0.4 is 4.74 Å². The fourth-order valence-corrected chi connectivity index (χ4v) is 4.34. The van der Waals surface area contributed by atoms with E-state index in [4.69, 9.17) is 4.74 Å². The highest BCUT2D eigenvalue weighted by atomic mass is 79.9. The second-order valence-corrected chi connectivity index (χ2v) is 8.30. The SMILES string of the molecule is COc1ncncc1-c1ccc2c(c1)C(C)N(C(=O)c1cc3ncc(Br)cn3n1)CC2. The lowest BCUT2D eigenvalue weighted by atomic mass is 9.90. The first-order valence-electron chi connectivity index (χ1n) is 9.84. The molecule has 8 nitrogen and oxygen atoms in total. The van der Waals surface area contributed by atoms with Crippen LogP contribution in [0.4, 0.5) is 0 Å². The van der Waals surface area contributed by atoms with Gasteiger partial charge < -0.3 is 9.64 Å². The van der Waals surface area contributed by atoms with Gasteiger partial charge in [0.05, 0.1) is 23.2 Å². The lowest BCUT2D eigenvalue weighted by Crippen LogP contribution is -2.39. The highest BCUT2D eigenvalue weighted by molar-refractivity contribution is 9.10. The normalized spacial score (nSPS) is 15.7. The minimum absolute atomic E-state index is 0.101. The Balaban J connectivity index is 1.49. The molecule has 0 aliphatic carbocycles. The van der Waals surface area contributed by atoms with Gasteiger partial charge in [0, 0.05) is 31.2 Å². The van der Waals surface area contributed by atoms with E-state index < -0.39 is 0 Å². The van der Waals surface area contributed by atoms with Crippen molar-refractivity contribution in [2.24, 2.45) is 0 Å². The zero-order chi connectivity index (χ0) is 21.5. The Kier molecular flexibility index (Phi) is 4.90. The van der Waals surface area contributed by atoms with Crippen LogP contribution in [0.5, 0.6) is 5.88 Å². The summed E-state index contributed by atoms with van der Waals surface area (Å²) < 4.78 is 7.80. The minimum Gasteiger partial charge on any atom is -0.480 e. The maximum Gasteiger partial charge on any atom is 0.274 e. The topological polar surface area (TPSA) is 85.5 Å². The molecule has 1 atom stereocenters. The Morgan fingerprint density at radius 2 is 2.10 bits per heavy atom. The second-order valence-electron chi connectivity index (χ2n) is 7.39. The van der Waals surface area contributed by atoms with E-state index in [0.29, 0.717) is 23.8 Å². The summed E-state index contributed by atoms with van der Waals surface area (Å²) >= 11 is 3.38. The quantitative estimate of drug-likeness (QED) is 0.446. The van der Waals surface area contributed by atoms with Crippen molar-refractivity contribution in [3.8, 4) is 17.0 Å². The van der Waals surface area contributed by atoms with Crippen molar-refractivity contribution in [2.75, 3.05) is 13.7 Å². The van der Waals surface area contributed by atoms with Crippen LogP contribution in [-0.4, -0.2) is 49.0 Å². The summed E-state index contributed by atoms with van der Waals surface area (Å²) in [6.45, 7) is 2.68. The summed E-state index contributed by atoms with van der Waals surface area (Å²) in [5.41, 5.74) is 5.13. The Bertz CT molecular complexity index is 1300. The third kappa shape index (κ3) is 3.44. The van der Waals surface area contributed by atoms with Gasteiger partial charge in [0.1, 0.15) is 6.33 Å². The standard InChI is InChI=1S/C22H19BrN6O2/c1-13-17-7-15(18-10-24-12-26-21(18)31-2)4-3-14(17)5-6-28(13)22(30)19-8-20-25-9-16(23)11-29(20)27-19/h3-4,7-13H,5-6H2,1-2H3. The van der Waals surface area contributed by atoms with Gasteiger partial charge in [-0.05, 0) is 52.0 Å². The summed E-state index contributed by atoms with van der Waals surface area (Å²) in [7, 11) is 1.59. The Hall–Kier alpha value is -3.33. The molecule has 0 saturated carbocycles. The van der Waals surface area contributed by atoms with Crippen molar-refractivity contribution >= 4 is 27.5 Å². The lowest BCUT2D eigenvalue weighted by molar-refractivity contribution is 0.0671. The Labute approximate surface area is 187 Å². The number of nitrogens with zero attached hydrogens (tertiary/aromatic N) is 6. The summed E-state index contributed by atoms with van der Waals surface area (Å²) in [6.07, 6.45) is 7.47. The number of hydrogen-bond acceptors (Lipinski definition) is 6. The van der Waals surface area contributed by atoms with E-state index in [1.165, 1.54) is 11.9 Å². The predicted molar refractivity (Wildman–Crippen MR) is 118 cm³/mol. The number of rotatable bonds is 3. The molecule has 4 aromatic rings. The number of amides is 1. The van der Waals surface area contributed by atoms with Gasteiger partial charge in [0.25, 0.3) is 5.91 Å². The van der Waals surface area contributed by atoms with Gasteiger partial charge in [-0.15, -0.1) is 0 Å². The zero-order valence-electron chi connectivity index (χ0n) is 17.0.